The lowest BCUT2D eigenvalue weighted by atomic mass is 10.1. The van der Waals surface area contributed by atoms with Crippen molar-refractivity contribution in [2.45, 2.75) is 19.9 Å². The molecule has 10 heteroatoms. The number of nitrogens with one attached hydrogen (secondary N) is 1. The van der Waals surface area contributed by atoms with Crippen LogP contribution < -0.4 is 10.1 Å². The van der Waals surface area contributed by atoms with Gasteiger partial charge in [0.05, 0.1) is 0 Å². The van der Waals surface area contributed by atoms with Crippen molar-refractivity contribution in [1.29, 1.82) is 0 Å². The van der Waals surface area contributed by atoms with E-state index in [4.69, 9.17) is 16.3 Å². The van der Waals surface area contributed by atoms with E-state index in [9.17, 15) is 24.0 Å². The highest BCUT2D eigenvalue weighted by Gasteiger charge is 2.36. The molecule has 1 unspecified atom stereocenters. The molecule has 1 aliphatic rings. The number of nitrogens with zero attached hydrogens (tertiary/aromatic N) is 2. The van der Waals surface area contributed by atoms with Crippen LogP contribution in [0.3, 0.4) is 0 Å². The van der Waals surface area contributed by atoms with E-state index in [1.54, 1.807) is 6.92 Å². The highest BCUT2D eigenvalue weighted by Crippen LogP contribution is 2.21. The Kier molecular flexibility index (Phi) is 6.51. The SMILES string of the molecule is CCN1CCN(C(=O)NC(C(=O)Cl)c2ccc(OC(C)=O)cc2)C(=O)C1=O. The van der Waals surface area contributed by atoms with Crippen molar-refractivity contribution in [1.82, 2.24) is 15.1 Å². The lowest BCUT2D eigenvalue weighted by molar-refractivity contribution is -0.153. The standard InChI is InChI=1S/C17H18ClN3O6/c1-3-20-8-9-21(16(25)15(20)24)17(26)19-13(14(18)23)11-4-6-12(7-5-11)27-10(2)22/h4-7,13H,3,8-9H2,1-2H3,(H,19,26). The smallest absolute Gasteiger partial charge is 0.325 e. The molecular weight excluding hydrogens is 378 g/mol. The summed E-state index contributed by atoms with van der Waals surface area (Å²) in [6.07, 6.45) is 0. The largest absolute Gasteiger partial charge is 0.427 e. The lowest BCUT2D eigenvalue weighted by Gasteiger charge is -2.32. The molecule has 0 bridgehead atoms. The summed E-state index contributed by atoms with van der Waals surface area (Å²) in [5.41, 5.74) is 0.324. The van der Waals surface area contributed by atoms with Crippen LogP contribution in [0.4, 0.5) is 4.79 Å². The van der Waals surface area contributed by atoms with Crippen LogP contribution in [0.5, 0.6) is 5.75 Å². The van der Waals surface area contributed by atoms with E-state index in [1.807, 2.05) is 0 Å². The first-order valence-corrected chi connectivity index (χ1v) is 8.51. The highest BCUT2D eigenvalue weighted by atomic mass is 35.5. The van der Waals surface area contributed by atoms with Gasteiger partial charge in [-0.1, -0.05) is 12.1 Å². The Morgan fingerprint density at radius 2 is 1.78 bits per heavy atom. The van der Waals surface area contributed by atoms with Crippen LogP contribution in [0.1, 0.15) is 25.5 Å². The average Bonchev–Trinajstić information content (AvgIpc) is 2.62. The Bertz CT molecular complexity index is 779. The fourth-order valence-corrected chi connectivity index (χ4v) is 2.72. The average molecular weight is 396 g/mol. The number of amides is 4. The molecule has 1 heterocycles. The number of halogens is 1. The van der Waals surface area contributed by atoms with Crippen LogP contribution >= 0.6 is 11.6 Å². The summed E-state index contributed by atoms with van der Waals surface area (Å²) in [4.78, 5) is 61.1. The molecule has 2 rings (SSSR count). The Balaban J connectivity index is 2.13. The minimum Gasteiger partial charge on any atom is -0.427 e. The zero-order valence-electron chi connectivity index (χ0n) is 14.7. The first kappa shape index (κ1) is 20.4. The predicted octanol–water partition coefficient (Wildman–Crippen LogP) is 0.819. The number of carbonyl (C=O) groups excluding carboxylic acids is 5. The molecule has 1 aromatic carbocycles. The molecule has 1 N–H and O–H groups in total. The van der Waals surface area contributed by atoms with Gasteiger partial charge in [0.2, 0.25) is 5.24 Å². The highest BCUT2D eigenvalue weighted by molar-refractivity contribution is 6.64. The molecule has 1 saturated heterocycles. The van der Waals surface area contributed by atoms with Gasteiger partial charge in [-0.05, 0) is 36.2 Å². The topological polar surface area (TPSA) is 113 Å². The van der Waals surface area contributed by atoms with Crippen molar-refractivity contribution in [3.05, 3.63) is 29.8 Å². The number of carbonyl (C=O) groups is 5. The summed E-state index contributed by atoms with van der Waals surface area (Å²) in [6, 6.07) is 3.64. The van der Waals surface area contributed by atoms with Gasteiger partial charge in [-0.3, -0.25) is 24.1 Å². The molecule has 1 aromatic rings. The Morgan fingerprint density at radius 1 is 1.15 bits per heavy atom. The van der Waals surface area contributed by atoms with Crippen molar-refractivity contribution >= 4 is 40.7 Å². The summed E-state index contributed by atoms with van der Waals surface area (Å²) in [5, 5.41) is 1.47. The molecule has 1 atom stereocenters. The molecule has 1 fully saturated rings. The fraction of sp³-hybridized carbons (Fsp3) is 0.353. The fourth-order valence-electron chi connectivity index (χ4n) is 2.54. The van der Waals surface area contributed by atoms with Crippen molar-refractivity contribution < 1.29 is 28.7 Å². The van der Waals surface area contributed by atoms with Gasteiger partial charge in [0, 0.05) is 26.6 Å². The third kappa shape index (κ3) is 4.82. The zero-order valence-corrected chi connectivity index (χ0v) is 15.5. The van der Waals surface area contributed by atoms with Gasteiger partial charge in [0.25, 0.3) is 0 Å². The van der Waals surface area contributed by atoms with E-state index in [0.29, 0.717) is 12.1 Å². The summed E-state index contributed by atoms with van der Waals surface area (Å²) >= 11 is 5.58. The number of piperazine rings is 1. The second-order valence-electron chi connectivity index (χ2n) is 5.69. The van der Waals surface area contributed by atoms with E-state index >= 15 is 0 Å². The van der Waals surface area contributed by atoms with Crippen LogP contribution in [-0.2, 0) is 19.2 Å². The van der Waals surface area contributed by atoms with Crippen molar-refractivity contribution in [2.24, 2.45) is 0 Å². The maximum Gasteiger partial charge on any atom is 0.325 e. The summed E-state index contributed by atoms with van der Waals surface area (Å²) < 4.78 is 4.89. The number of hydrogen-bond acceptors (Lipinski definition) is 6. The molecule has 0 aliphatic carbocycles. The second-order valence-corrected chi connectivity index (χ2v) is 6.06. The van der Waals surface area contributed by atoms with Crippen LogP contribution in [0, 0.1) is 0 Å². The molecular formula is C17H18ClN3O6. The third-order valence-corrected chi connectivity index (χ3v) is 4.12. The molecule has 27 heavy (non-hydrogen) atoms. The molecule has 0 radical (unpaired) electrons. The molecule has 0 spiro atoms. The molecule has 0 aromatic heterocycles. The lowest BCUT2D eigenvalue weighted by Crippen LogP contribution is -2.58. The minimum atomic E-state index is -1.24. The van der Waals surface area contributed by atoms with E-state index < -0.39 is 35.1 Å². The zero-order chi connectivity index (χ0) is 20.1. The number of likely N-dealkylation sites (N-methyl/N-ethyl adjacent to an activating group) is 1. The van der Waals surface area contributed by atoms with Gasteiger partial charge in [-0.25, -0.2) is 4.79 Å². The molecule has 9 nitrogen and oxygen atoms in total. The number of ether oxygens (including phenoxy) is 1. The normalized spacial score (nSPS) is 15.4. The summed E-state index contributed by atoms with van der Waals surface area (Å²) in [6.45, 7) is 3.56. The van der Waals surface area contributed by atoms with Gasteiger partial charge in [-0.2, -0.15) is 0 Å². The number of imide groups is 1. The molecule has 4 amide bonds. The molecule has 144 valence electrons. The van der Waals surface area contributed by atoms with E-state index in [0.717, 1.165) is 4.90 Å². The molecule has 1 aliphatic heterocycles. The van der Waals surface area contributed by atoms with Gasteiger partial charge in [-0.15, -0.1) is 0 Å². The minimum absolute atomic E-state index is 0.0127. The van der Waals surface area contributed by atoms with Crippen molar-refractivity contribution in [3.63, 3.8) is 0 Å². The van der Waals surface area contributed by atoms with Crippen LogP contribution in [0.15, 0.2) is 24.3 Å². The van der Waals surface area contributed by atoms with Crippen LogP contribution in [0.2, 0.25) is 0 Å². The van der Waals surface area contributed by atoms with Gasteiger partial charge in [0.1, 0.15) is 11.8 Å². The third-order valence-electron chi connectivity index (χ3n) is 3.91. The van der Waals surface area contributed by atoms with E-state index in [2.05, 4.69) is 5.32 Å². The van der Waals surface area contributed by atoms with Crippen LogP contribution in [-0.4, -0.2) is 58.5 Å². The monoisotopic (exact) mass is 395 g/mol. The number of urea groups is 1. The van der Waals surface area contributed by atoms with Gasteiger partial charge in [0.15, 0.2) is 0 Å². The van der Waals surface area contributed by atoms with E-state index in [1.165, 1.54) is 36.1 Å². The maximum absolute atomic E-state index is 12.4. The first-order valence-electron chi connectivity index (χ1n) is 8.13. The Hall–Kier alpha value is -2.94. The molecule has 0 saturated carbocycles. The number of benzene rings is 1. The number of rotatable bonds is 5. The first-order chi connectivity index (χ1) is 12.7. The Morgan fingerprint density at radius 3 is 2.30 bits per heavy atom. The van der Waals surface area contributed by atoms with Gasteiger partial charge < -0.3 is 15.0 Å². The van der Waals surface area contributed by atoms with E-state index in [-0.39, 0.29) is 18.8 Å². The quantitative estimate of drug-likeness (QED) is 0.342. The van der Waals surface area contributed by atoms with Crippen molar-refractivity contribution in [3.8, 4) is 5.75 Å². The second kappa shape index (κ2) is 8.63. The number of hydrogen-bond donors (Lipinski definition) is 1. The van der Waals surface area contributed by atoms with Crippen LogP contribution in [0.25, 0.3) is 0 Å². The summed E-state index contributed by atoms with van der Waals surface area (Å²) in [5.74, 6) is -1.99. The predicted molar refractivity (Wildman–Crippen MR) is 93.9 cm³/mol. The Labute approximate surface area is 160 Å². The number of esters is 1. The van der Waals surface area contributed by atoms with Crippen molar-refractivity contribution in [2.75, 3.05) is 19.6 Å². The van der Waals surface area contributed by atoms with Gasteiger partial charge >= 0.3 is 23.8 Å². The maximum atomic E-state index is 12.4. The summed E-state index contributed by atoms with van der Waals surface area (Å²) in [7, 11) is 0.